The van der Waals surface area contributed by atoms with Crippen molar-refractivity contribution in [1.82, 2.24) is 15.1 Å². The molecule has 0 saturated heterocycles. The van der Waals surface area contributed by atoms with Crippen LogP contribution in [0.15, 0.2) is 6.20 Å². The summed E-state index contributed by atoms with van der Waals surface area (Å²) in [4.78, 5) is 0. The van der Waals surface area contributed by atoms with Crippen LogP contribution in [0.25, 0.3) is 0 Å². The Hall–Kier alpha value is -0.830. The average Bonchev–Trinajstić information content (AvgIpc) is 2.17. The molecular weight excluding hydrogens is 138 g/mol. The minimum atomic E-state index is 0.941. The Balaban J connectivity index is 2.32. The van der Waals surface area contributed by atoms with Gasteiger partial charge in [-0.15, -0.1) is 0 Å². The predicted octanol–water partition coefficient (Wildman–Crippen LogP) is 0.456. The van der Waals surface area contributed by atoms with Crippen LogP contribution in [0, 0.1) is 0 Å². The molecule has 2 rings (SSSR count). The zero-order valence-electron chi connectivity index (χ0n) is 6.80. The van der Waals surface area contributed by atoms with Gasteiger partial charge in [-0.25, -0.2) is 0 Å². The van der Waals surface area contributed by atoms with E-state index in [1.807, 2.05) is 11.7 Å². The molecule has 11 heavy (non-hydrogen) atoms. The fourth-order valence-corrected chi connectivity index (χ4v) is 1.55. The number of hydrogen-bond donors (Lipinski definition) is 1. The predicted molar refractivity (Wildman–Crippen MR) is 43.2 cm³/mol. The number of nitrogens with zero attached hydrogens (tertiary/aromatic N) is 2. The topological polar surface area (TPSA) is 29.9 Å². The summed E-state index contributed by atoms with van der Waals surface area (Å²) in [7, 11) is 1.98. The van der Waals surface area contributed by atoms with Gasteiger partial charge in [-0.05, 0) is 24.9 Å². The third kappa shape index (κ3) is 1.28. The van der Waals surface area contributed by atoms with E-state index in [0.717, 1.165) is 13.1 Å². The second kappa shape index (κ2) is 2.66. The average molecular weight is 151 g/mol. The van der Waals surface area contributed by atoms with Crippen molar-refractivity contribution in [2.24, 2.45) is 7.05 Å². The van der Waals surface area contributed by atoms with Gasteiger partial charge in [-0.2, -0.15) is 5.10 Å². The lowest BCUT2D eigenvalue weighted by Crippen LogP contribution is -2.12. The first kappa shape index (κ1) is 6.85. The minimum absolute atomic E-state index is 0.941. The monoisotopic (exact) mass is 151 g/mol. The van der Waals surface area contributed by atoms with Crippen molar-refractivity contribution in [2.45, 2.75) is 19.4 Å². The van der Waals surface area contributed by atoms with E-state index in [4.69, 9.17) is 0 Å². The Bertz CT molecular complexity index is 228. The van der Waals surface area contributed by atoms with Gasteiger partial charge in [0.1, 0.15) is 0 Å². The van der Waals surface area contributed by atoms with Crippen molar-refractivity contribution in [3.05, 3.63) is 17.5 Å². The molecule has 0 spiro atoms. The van der Waals surface area contributed by atoms with Gasteiger partial charge in [0, 0.05) is 19.8 Å². The minimum Gasteiger partial charge on any atom is -0.311 e. The number of aryl methyl sites for hydroxylation is 2. The van der Waals surface area contributed by atoms with Crippen LogP contribution in [-0.4, -0.2) is 16.3 Å². The van der Waals surface area contributed by atoms with Crippen LogP contribution in [0.2, 0.25) is 0 Å². The molecule has 2 heterocycles. The van der Waals surface area contributed by atoms with Crippen LogP contribution in [0.3, 0.4) is 0 Å². The Morgan fingerprint density at radius 3 is 3.45 bits per heavy atom. The molecule has 1 aliphatic rings. The molecule has 0 radical (unpaired) electrons. The Labute approximate surface area is 66.4 Å². The van der Waals surface area contributed by atoms with Crippen LogP contribution < -0.4 is 5.32 Å². The van der Waals surface area contributed by atoms with E-state index in [2.05, 4.69) is 16.6 Å². The van der Waals surface area contributed by atoms with Crippen molar-refractivity contribution in [1.29, 1.82) is 0 Å². The van der Waals surface area contributed by atoms with E-state index < -0.39 is 0 Å². The third-order valence-electron chi connectivity index (χ3n) is 2.08. The van der Waals surface area contributed by atoms with Crippen LogP contribution in [0.1, 0.15) is 17.7 Å². The lowest BCUT2D eigenvalue weighted by atomic mass is 10.2. The molecule has 0 bridgehead atoms. The highest BCUT2D eigenvalue weighted by atomic mass is 15.3. The van der Waals surface area contributed by atoms with Crippen LogP contribution in [-0.2, 0) is 20.0 Å². The molecule has 0 fully saturated rings. The van der Waals surface area contributed by atoms with Crippen LogP contribution >= 0.6 is 0 Å². The highest BCUT2D eigenvalue weighted by Gasteiger charge is 2.09. The summed E-state index contributed by atoms with van der Waals surface area (Å²) >= 11 is 0. The quantitative estimate of drug-likeness (QED) is 0.583. The van der Waals surface area contributed by atoms with Gasteiger partial charge in [-0.3, -0.25) is 4.68 Å². The summed E-state index contributed by atoms with van der Waals surface area (Å²) in [6.07, 6.45) is 4.54. The largest absolute Gasteiger partial charge is 0.311 e. The van der Waals surface area contributed by atoms with E-state index in [0.29, 0.717) is 0 Å². The van der Waals surface area contributed by atoms with Gasteiger partial charge in [0.15, 0.2) is 0 Å². The molecule has 1 aromatic heterocycles. The molecule has 0 saturated carbocycles. The normalized spacial score (nSPS) is 17.5. The van der Waals surface area contributed by atoms with E-state index in [1.165, 1.54) is 24.1 Å². The maximum atomic E-state index is 4.37. The number of aromatic nitrogens is 2. The van der Waals surface area contributed by atoms with E-state index in [9.17, 15) is 0 Å². The first-order valence-electron chi connectivity index (χ1n) is 4.08. The highest BCUT2D eigenvalue weighted by molar-refractivity contribution is 5.18. The van der Waals surface area contributed by atoms with E-state index in [1.54, 1.807) is 0 Å². The fourth-order valence-electron chi connectivity index (χ4n) is 1.55. The Morgan fingerprint density at radius 2 is 2.55 bits per heavy atom. The first-order valence-corrected chi connectivity index (χ1v) is 4.08. The third-order valence-corrected chi connectivity index (χ3v) is 2.08. The SMILES string of the molecule is Cn1cc2c(n1)CNCCC2. The van der Waals surface area contributed by atoms with E-state index in [-0.39, 0.29) is 0 Å². The van der Waals surface area contributed by atoms with Gasteiger partial charge in [-0.1, -0.05) is 0 Å². The van der Waals surface area contributed by atoms with Gasteiger partial charge >= 0.3 is 0 Å². The second-order valence-electron chi connectivity index (χ2n) is 3.06. The number of nitrogens with one attached hydrogen (secondary N) is 1. The zero-order valence-corrected chi connectivity index (χ0v) is 6.80. The van der Waals surface area contributed by atoms with Crippen molar-refractivity contribution >= 4 is 0 Å². The van der Waals surface area contributed by atoms with Crippen molar-refractivity contribution in [3.8, 4) is 0 Å². The lowest BCUT2D eigenvalue weighted by Gasteiger charge is -1.94. The zero-order chi connectivity index (χ0) is 7.68. The second-order valence-corrected chi connectivity index (χ2v) is 3.06. The summed E-state index contributed by atoms with van der Waals surface area (Å²) in [6, 6.07) is 0. The number of rotatable bonds is 0. The Morgan fingerprint density at radius 1 is 1.64 bits per heavy atom. The summed E-state index contributed by atoms with van der Waals surface area (Å²) in [6.45, 7) is 2.07. The van der Waals surface area contributed by atoms with E-state index >= 15 is 0 Å². The van der Waals surface area contributed by atoms with Gasteiger partial charge in [0.05, 0.1) is 5.69 Å². The smallest absolute Gasteiger partial charge is 0.0794 e. The van der Waals surface area contributed by atoms with Crippen molar-refractivity contribution in [2.75, 3.05) is 6.54 Å². The molecule has 3 nitrogen and oxygen atoms in total. The number of hydrogen-bond acceptors (Lipinski definition) is 2. The molecule has 3 heteroatoms. The standard InChI is InChI=1S/C8H13N3/c1-11-6-7-3-2-4-9-5-8(7)10-11/h6,9H,2-5H2,1H3. The first-order chi connectivity index (χ1) is 5.36. The van der Waals surface area contributed by atoms with Gasteiger partial charge in [0.25, 0.3) is 0 Å². The summed E-state index contributed by atoms with van der Waals surface area (Å²) in [5.74, 6) is 0. The molecule has 1 aromatic rings. The Kier molecular flexibility index (Phi) is 1.66. The molecule has 60 valence electrons. The molecule has 0 aromatic carbocycles. The molecular formula is C8H13N3. The van der Waals surface area contributed by atoms with Crippen LogP contribution in [0.5, 0.6) is 0 Å². The summed E-state index contributed by atoms with van der Waals surface area (Å²) in [5.41, 5.74) is 2.64. The van der Waals surface area contributed by atoms with Crippen LogP contribution in [0.4, 0.5) is 0 Å². The van der Waals surface area contributed by atoms with Crippen molar-refractivity contribution in [3.63, 3.8) is 0 Å². The molecule has 0 unspecified atom stereocenters. The fraction of sp³-hybridized carbons (Fsp3) is 0.625. The van der Waals surface area contributed by atoms with Gasteiger partial charge < -0.3 is 5.32 Å². The summed E-state index contributed by atoms with van der Waals surface area (Å²) < 4.78 is 1.90. The van der Waals surface area contributed by atoms with Crippen molar-refractivity contribution < 1.29 is 0 Å². The maximum Gasteiger partial charge on any atom is 0.0794 e. The maximum absolute atomic E-state index is 4.37. The van der Waals surface area contributed by atoms with Gasteiger partial charge in [0.2, 0.25) is 0 Å². The molecule has 1 aliphatic heterocycles. The molecule has 1 N–H and O–H groups in total. The lowest BCUT2D eigenvalue weighted by molar-refractivity contribution is 0.649. The molecule has 0 amide bonds. The summed E-state index contributed by atoms with van der Waals surface area (Å²) in [5, 5.41) is 7.71. The molecule has 0 atom stereocenters. The molecule has 0 aliphatic carbocycles. The highest BCUT2D eigenvalue weighted by Crippen LogP contribution is 2.11. The number of fused-ring (bicyclic) bond motifs is 1.